The van der Waals surface area contributed by atoms with Crippen molar-refractivity contribution in [1.29, 1.82) is 0 Å². The highest BCUT2D eigenvalue weighted by Gasteiger charge is 2.29. The van der Waals surface area contributed by atoms with Gasteiger partial charge < -0.3 is 5.32 Å². The molecule has 0 saturated heterocycles. The summed E-state index contributed by atoms with van der Waals surface area (Å²) in [7, 11) is 0. The molecule has 0 amide bonds. The van der Waals surface area contributed by atoms with Gasteiger partial charge in [0.25, 0.3) is 0 Å². The molecule has 0 bridgehead atoms. The second-order valence-corrected chi connectivity index (χ2v) is 8.08. The van der Waals surface area contributed by atoms with Crippen LogP contribution in [0.15, 0.2) is 30.3 Å². The highest BCUT2D eigenvalue weighted by molar-refractivity contribution is 8.00. The minimum Gasteiger partial charge on any atom is -0.309 e. The smallest absolute Gasteiger partial charge is 0.0443 e. The summed E-state index contributed by atoms with van der Waals surface area (Å²) in [5, 5.41) is 5.37. The van der Waals surface area contributed by atoms with Crippen LogP contribution in [0.1, 0.15) is 64.5 Å². The normalized spacial score (nSPS) is 19.0. The van der Waals surface area contributed by atoms with Crippen molar-refractivity contribution in [3.05, 3.63) is 35.9 Å². The maximum absolute atomic E-state index is 3.82. The Bertz CT molecular complexity index is 384. The molecule has 0 radical (unpaired) electrons. The predicted octanol–water partition coefficient (Wildman–Crippen LogP) is 5.43. The van der Waals surface area contributed by atoms with Crippen LogP contribution in [0.2, 0.25) is 0 Å². The van der Waals surface area contributed by atoms with Gasteiger partial charge >= 0.3 is 0 Å². The Kier molecular flexibility index (Phi) is 7.12. The summed E-state index contributed by atoms with van der Waals surface area (Å²) >= 11 is 2.25. The van der Waals surface area contributed by atoms with E-state index in [0.717, 1.165) is 11.8 Å². The average molecular weight is 306 g/mol. The van der Waals surface area contributed by atoms with Crippen molar-refractivity contribution in [1.82, 2.24) is 5.32 Å². The van der Waals surface area contributed by atoms with Crippen LogP contribution in [-0.2, 0) is 0 Å². The van der Waals surface area contributed by atoms with Crippen LogP contribution < -0.4 is 5.32 Å². The number of nitrogens with one attached hydrogen (secondary N) is 1. The molecule has 0 aromatic heterocycles. The zero-order chi connectivity index (χ0) is 15.1. The molecule has 0 heterocycles. The molecule has 1 fully saturated rings. The van der Waals surface area contributed by atoms with Gasteiger partial charge in [-0.25, -0.2) is 0 Å². The Morgan fingerprint density at radius 1 is 1.14 bits per heavy atom. The highest BCUT2D eigenvalue weighted by Crippen LogP contribution is 2.40. The molecule has 118 valence electrons. The van der Waals surface area contributed by atoms with Crippen LogP contribution in [0.4, 0.5) is 0 Å². The van der Waals surface area contributed by atoms with Gasteiger partial charge in [0.1, 0.15) is 0 Å². The molecule has 1 N–H and O–H groups in total. The zero-order valence-electron chi connectivity index (χ0n) is 13.8. The maximum Gasteiger partial charge on any atom is 0.0443 e. The first-order chi connectivity index (χ1) is 10.2. The lowest BCUT2D eigenvalue weighted by molar-refractivity contribution is 0.443. The van der Waals surface area contributed by atoms with E-state index in [1.165, 1.54) is 37.7 Å². The van der Waals surface area contributed by atoms with Gasteiger partial charge in [0.2, 0.25) is 0 Å². The van der Waals surface area contributed by atoms with Gasteiger partial charge in [-0.3, -0.25) is 0 Å². The summed E-state index contributed by atoms with van der Waals surface area (Å²) < 4.78 is 0. The monoisotopic (exact) mass is 305 g/mol. The van der Waals surface area contributed by atoms with Gasteiger partial charge in [-0.15, -0.1) is 0 Å². The molecule has 2 atom stereocenters. The Morgan fingerprint density at radius 2 is 1.81 bits per heavy atom. The van der Waals surface area contributed by atoms with E-state index in [1.54, 1.807) is 0 Å². The van der Waals surface area contributed by atoms with Crippen LogP contribution in [0, 0.1) is 5.92 Å². The number of hydrogen-bond acceptors (Lipinski definition) is 2. The molecule has 0 aliphatic heterocycles. The molecule has 2 heteroatoms. The van der Waals surface area contributed by atoms with E-state index < -0.39 is 0 Å². The van der Waals surface area contributed by atoms with Gasteiger partial charge in [0.05, 0.1) is 0 Å². The molecule has 1 aromatic carbocycles. The largest absolute Gasteiger partial charge is 0.309 e. The number of thioether (sulfide) groups is 1. The number of rotatable bonds is 8. The topological polar surface area (TPSA) is 12.0 Å². The van der Waals surface area contributed by atoms with E-state index in [9.17, 15) is 0 Å². The average Bonchev–Trinajstić information content (AvgIpc) is 3.00. The summed E-state index contributed by atoms with van der Waals surface area (Å²) in [4.78, 5) is 0. The van der Waals surface area contributed by atoms with Crippen LogP contribution in [-0.4, -0.2) is 17.0 Å². The molecule has 1 aliphatic carbocycles. The summed E-state index contributed by atoms with van der Waals surface area (Å²) in [5.74, 6) is 0.699. The van der Waals surface area contributed by atoms with Crippen molar-refractivity contribution < 1.29 is 0 Å². The van der Waals surface area contributed by atoms with E-state index in [-0.39, 0.29) is 0 Å². The summed E-state index contributed by atoms with van der Waals surface area (Å²) in [6.45, 7) is 8.13. The van der Waals surface area contributed by atoms with E-state index in [4.69, 9.17) is 0 Å². The van der Waals surface area contributed by atoms with Gasteiger partial charge in [-0.1, -0.05) is 63.9 Å². The minimum atomic E-state index is 0.483. The predicted molar refractivity (Wildman–Crippen MR) is 95.9 cm³/mol. The molecule has 1 aromatic rings. The maximum atomic E-state index is 3.82. The minimum absolute atomic E-state index is 0.483. The third-order valence-corrected chi connectivity index (χ3v) is 6.40. The fourth-order valence-corrected chi connectivity index (χ4v) is 5.03. The van der Waals surface area contributed by atoms with Gasteiger partial charge in [0.15, 0.2) is 0 Å². The van der Waals surface area contributed by atoms with Crippen molar-refractivity contribution in [2.75, 3.05) is 6.54 Å². The lowest BCUT2D eigenvalue weighted by atomic mass is 9.96. The molecule has 21 heavy (non-hydrogen) atoms. The Hall–Kier alpha value is -0.470. The van der Waals surface area contributed by atoms with E-state index in [0.29, 0.717) is 17.2 Å². The van der Waals surface area contributed by atoms with Crippen molar-refractivity contribution >= 4 is 11.8 Å². The SMILES string of the molecule is CCCNC(c1ccccc1)C(SC1CCCC1)C(C)C. The quantitative estimate of drug-likeness (QED) is 0.687. The lowest BCUT2D eigenvalue weighted by Crippen LogP contribution is -2.35. The van der Waals surface area contributed by atoms with Crippen LogP contribution in [0.25, 0.3) is 0 Å². The second kappa shape index (κ2) is 8.85. The van der Waals surface area contributed by atoms with Crippen LogP contribution in [0.5, 0.6) is 0 Å². The molecule has 1 saturated carbocycles. The third-order valence-electron chi connectivity index (χ3n) is 4.41. The van der Waals surface area contributed by atoms with Gasteiger partial charge in [-0.05, 0) is 37.3 Å². The molecule has 2 unspecified atom stereocenters. The van der Waals surface area contributed by atoms with Crippen LogP contribution in [0.3, 0.4) is 0 Å². The van der Waals surface area contributed by atoms with Crippen molar-refractivity contribution in [3.8, 4) is 0 Å². The number of benzene rings is 1. The molecule has 2 rings (SSSR count). The fraction of sp³-hybridized carbons (Fsp3) is 0.684. The highest BCUT2D eigenvalue weighted by atomic mass is 32.2. The van der Waals surface area contributed by atoms with Crippen LogP contribution >= 0.6 is 11.8 Å². The summed E-state index contributed by atoms with van der Waals surface area (Å²) in [5.41, 5.74) is 1.45. The first kappa shape index (κ1) is 16.9. The summed E-state index contributed by atoms with van der Waals surface area (Å²) in [6, 6.07) is 11.5. The molecule has 1 nitrogen and oxygen atoms in total. The van der Waals surface area contributed by atoms with Crippen molar-refractivity contribution in [2.24, 2.45) is 5.92 Å². The molecular formula is C19H31NS. The lowest BCUT2D eigenvalue weighted by Gasteiger charge is -2.33. The standard InChI is InChI=1S/C19H31NS/c1-4-14-20-18(16-10-6-5-7-11-16)19(15(2)3)21-17-12-8-9-13-17/h5-7,10-11,15,17-20H,4,8-9,12-14H2,1-3H3. The van der Waals surface area contributed by atoms with E-state index >= 15 is 0 Å². The Balaban J connectivity index is 2.13. The van der Waals surface area contributed by atoms with Gasteiger partial charge in [-0.2, -0.15) is 11.8 Å². The Morgan fingerprint density at radius 3 is 2.38 bits per heavy atom. The number of hydrogen-bond donors (Lipinski definition) is 1. The molecular weight excluding hydrogens is 274 g/mol. The van der Waals surface area contributed by atoms with Crippen molar-refractivity contribution in [2.45, 2.75) is 69.4 Å². The van der Waals surface area contributed by atoms with E-state index in [1.807, 2.05) is 0 Å². The molecule has 1 aliphatic rings. The zero-order valence-corrected chi connectivity index (χ0v) is 14.7. The van der Waals surface area contributed by atoms with Gasteiger partial charge in [0, 0.05) is 16.5 Å². The first-order valence-corrected chi connectivity index (χ1v) is 9.60. The summed E-state index contributed by atoms with van der Waals surface area (Å²) in [6.07, 6.45) is 6.90. The van der Waals surface area contributed by atoms with E-state index in [2.05, 4.69) is 68.2 Å². The van der Waals surface area contributed by atoms with Crippen molar-refractivity contribution in [3.63, 3.8) is 0 Å². The third kappa shape index (κ3) is 5.03. The first-order valence-electron chi connectivity index (χ1n) is 8.66. The fourth-order valence-electron chi connectivity index (χ4n) is 3.25. The second-order valence-electron chi connectivity index (χ2n) is 6.59. The molecule has 0 spiro atoms. The Labute approximate surface area is 135 Å².